The van der Waals surface area contributed by atoms with Crippen LogP contribution in [0, 0.1) is 17.3 Å². The first-order chi connectivity index (χ1) is 13.5. The van der Waals surface area contributed by atoms with E-state index in [2.05, 4.69) is 26.0 Å². The van der Waals surface area contributed by atoms with E-state index in [1.165, 1.54) is 29.6 Å². The van der Waals surface area contributed by atoms with Gasteiger partial charge >= 0.3 is 5.97 Å². The molecule has 0 radical (unpaired) electrons. The van der Waals surface area contributed by atoms with Gasteiger partial charge in [0, 0.05) is 18.3 Å². The number of hydrogen-bond acceptors (Lipinski definition) is 3. The van der Waals surface area contributed by atoms with Crippen LogP contribution in [0.2, 0.25) is 0 Å². The molecule has 1 fully saturated rings. The maximum absolute atomic E-state index is 12.4. The second kappa shape index (κ2) is 8.00. The molecular weight excluding hydrogens is 348 g/mol. The lowest BCUT2D eigenvalue weighted by Gasteiger charge is -2.45. The molecule has 3 nitrogen and oxygen atoms in total. The summed E-state index contributed by atoms with van der Waals surface area (Å²) in [5.74, 6) is 1.38. The minimum atomic E-state index is -0.0422. The van der Waals surface area contributed by atoms with Crippen molar-refractivity contribution < 1.29 is 14.3 Å². The Morgan fingerprint density at radius 1 is 1.14 bits per heavy atom. The lowest BCUT2D eigenvalue weighted by molar-refractivity contribution is -0.153. The quantitative estimate of drug-likeness (QED) is 0.427. The molecule has 152 valence electrons. The van der Waals surface area contributed by atoms with Gasteiger partial charge in [0.1, 0.15) is 6.10 Å². The van der Waals surface area contributed by atoms with Crippen molar-refractivity contribution in [3.63, 3.8) is 0 Å². The van der Waals surface area contributed by atoms with E-state index in [9.17, 15) is 9.59 Å². The fourth-order valence-electron chi connectivity index (χ4n) is 6.07. The fourth-order valence-corrected chi connectivity index (χ4v) is 6.07. The van der Waals surface area contributed by atoms with Gasteiger partial charge in [0.05, 0.1) is 0 Å². The van der Waals surface area contributed by atoms with Gasteiger partial charge in [-0.2, -0.15) is 0 Å². The lowest BCUT2D eigenvalue weighted by atomic mass is 9.60. The number of ketones is 1. The van der Waals surface area contributed by atoms with Gasteiger partial charge in [0.25, 0.3) is 0 Å². The van der Waals surface area contributed by atoms with Gasteiger partial charge in [-0.3, -0.25) is 9.59 Å². The summed E-state index contributed by atoms with van der Waals surface area (Å²) in [6.07, 6.45) is 17.4. The summed E-state index contributed by atoms with van der Waals surface area (Å²) in [6, 6.07) is 0. The van der Waals surface area contributed by atoms with Crippen LogP contribution in [-0.2, 0) is 14.3 Å². The Morgan fingerprint density at radius 3 is 2.82 bits per heavy atom. The van der Waals surface area contributed by atoms with Crippen LogP contribution in [0.25, 0.3) is 0 Å². The largest absolute Gasteiger partial charge is 0.461 e. The molecule has 0 heterocycles. The van der Waals surface area contributed by atoms with Crippen LogP contribution in [0.15, 0.2) is 34.9 Å². The Kier molecular flexibility index (Phi) is 5.62. The van der Waals surface area contributed by atoms with Crippen molar-refractivity contribution >= 4 is 11.8 Å². The molecule has 1 saturated carbocycles. The van der Waals surface area contributed by atoms with Crippen LogP contribution in [0.4, 0.5) is 0 Å². The number of allylic oxidation sites excluding steroid dienone is 5. The van der Waals surface area contributed by atoms with Crippen molar-refractivity contribution in [1.82, 2.24) is 0 Å². The highest BCUT2D eigenvalue weighted by atomic mass is 16.5. The summed E-state index contributed by atoms with van der Waals surface area (Å²) in [4.78, 5) is 24.2. The predicted molar refractivity (Wildman–Crippen MR) is 111 cm³/mol. The Morgan fingerprint density at radius 2 is 2.00 bits per heavy atom. The number of ether oxygens (including phenoxy) is 1. The minimum Gasteiger partial charge on any atom is -0.461 e. The Balaban J connectivity index is 1.49. The summed E-state index contributed by atoms with van der Waals surface area (Å²) in [7, 11) is 0. The van der Waals surface area contributed by atoms with Crippen LogP contribution in [-0.4, -0.2) is 17.9 Å². The van der Waals surface area contributed by atoms with E-state index in [4.69, 9.17) is 4.74 Å². The van der Waals surface area contributed by atoms with Crippen molar-refractivity contribution in [3.8, 4) is 0 Å². The first kappa shape index (κ1) is 19.7. The third-order valence-corrected chi connectivity index (χ3v) is 7.67. The molecule has 28 heavy (non-hydrogen) atoms. The molecule has 3 heteroatoms. The molecule has 4 atom stereocenters. The molecule has 0 amide bonds. The van der Waals surface area contributed by atoms with Crippen molar-refractivity contribution in [3.05, 3.63) is 34.9 Å². The number of unbranched alkanes of at least 4 members (excludes halogenated alkanes) is 3. The summed E-state index contributed by atoms with van der Waals surface area (Å²) >= 11 is 0. The van der Waals surface area contributed by atoms with Crippen LogP contribution in [0.1, 0.15) is 84.5 Å². The predicted octanol–water partition coefficient (Wildman–Crippen LogP) is 5.85. The van der Waals surface area contributed by atoms with E-state index in [0.717, 1.165) is 44.9 Å². The zero-order chi connectivity index (χ0) is 19.7. The van der Waals surface area contributed by atoms with E-state index < -0.39 is 0 Å². The van der Waals surface area contributed by atoms with Gasteiger partial charge in [-0.15, -0.1) is 0 Å². The first-order valence-electron chi connectivity index (χ1n) is 11.4. The molecule has 0 aromatic heterocycles. The second-order valence-corrected chi connectivity index (χ2v) is 9.39. The molecule has 0 aromatic carbocycles. The number of rotatable bonds is 6. The zero-order valence-corrected chi connectivity index (χ0v) is 17.5. The van der Waals surface area contributed by atoms with E-state index in [1.54, 1.807) is 0 Å². The maximum atomic E-state index is 12.4. The molecule has 0 spiro atoms. The standard InChI is InChI=1S/C25H34O3/c1-3-4-5-6-7-24(27)28-23-13-12-22-21-10-8-17-16-18(26)9-11-19(17)20(21)14-15-25(22,23)2/h14-16,21-23H,3-13H2,1-2H3/t21-,22+,23-,25-/m1/s1. The average molecular weight is 383 g/mol. The van der Waals surface area contributed by atoms with Gasteiger partial charge in [-0.05, 0) is 73.2 Å². The van der Waals surface area contributed by atoms with Crippen molar-refractivity contribution in [2.45, 2.75) is 90.6 Å². The van der Waals surface area contributed by atoms with Gasteiger partial charge in [0.2, 0.25) is 0 Å². The number of carbonyl (C=O) groups is 2. The normalized spacial score (nSPS) is 33.9. The van der Waals surface area contributed by atoms with Crippen LogP contribution in [0.3, 0.4) is 0 Å². The van der Waals surface area contributed by atoms with Gasteiger partial charge in [-0.25, -0.2) is 0 Å². The third kappa shape index (κ3) is 3.53. The molecule has 0 unspecified atom stereocenters. The van der Waals surface area contributed by atoms with Gasteiger partial charge in [-0.1, -0.05) is 45.3 Å². The highest BCUT2D eigenvalue weighted by Crippen LogP contribution is 2.57. The van der Waals surface area contributed by atoms with Crippen LogP contribution >= 0.6 is 0 Å². The van der Waals surface area contributed by atoms with Crippen molar-refractivity contribution in [1.29, 1.82) is 0 Å². The van der Waals surface area contributed by atoms with Crippen molar-refractivity contribution in [2.24, 2.45) is 17.3 Å². The highest BCUT2D eigenvalue weighted by molar-refractivity contribution is 5.93. The smallest absolute Gasteiger partial charge is 0.306 e. The van der Waals surface area contributed by atoms with E-state index >= 15 is 0 Å². The summed E-state index contributed by atoms with van der Waals surface area (Å²) < 4.78 is 6.00. The highest BCUT2D eigenvalue weighted by Gasteiger charge is 2.53. The summed E-state index contributed by atoms with van der Waals surface area (Å²) in [6.45, 7) is 4.49. The molecular formula is C25H34O3. The molecule has 0 bridgehead atoms. The van der Waals surface area contributed by atoms with E-state index in [1.807, 2.05) is 6.08 Å². The minimum absolute atomic E-state index is 0.0137. The Labute approximate surface area is 169 Å². The lowest BCUT2D eigenvalue weighted by Crippen LogP contribution is -2.40. The SMILES string of the molecule is CCCCCCC(=O)O[C@@H]1CC[C@H]2[C@@H]3CCC4=CC(=O)CCC4=C3C=C[C@@]12C. The first-order valence-corrected chi connectivity index (χ1v) is 11.4. The number of hydrogen-bond donors (Lipinski definition) is 0. The van der Waals surface area contributed by atoms with Gasteiger partial charge in [0.15, 0.2) is 5.78 Å². The summed E-state index contributed by atoms with van der Waals surface area (Å²) in [5, 5.41) is 0. The van der Waals surface area contributed by atoms with E-state index in [-0.39, 0.29) is 23.3 Å². The third-order valence-electron chi connectivity index (χ3n) is 7.67. The van der Waals surface area contributed by atoms with Gasteiger partial charge < -0.3 is 4.74 Å². The topological polar surface area (TPSA) is 43.4 Å². The number of esters is 1. The van der Waals surface area contributed by atoms with Crippen LogP contribution < -0.4 is 0 Å². The zero-order valence-electron chi connectivity index (χ0n) is 17.5. The maximum Gasteiger partial charge on any atom is 0.306 e. The van der Waals surface area contributed by atoms with Crippen molar-refractivity contribution in [2.75, 3.05) is 0 Å². The summed E-state index contributed by atoms with van der Waals surface area (Å²) in [5.41, 5.74) is 4.15. The number of fused-ring (bicyclic) bond motifs is 4. The second-order valence-electron chi connectivity index (χ2n) is 9.39. The monoisotopic (exact) mass is 382 g/mol. The van der Waals surface area contributed by atoms with E-state index in [0.29, 0.717) is 24.7 Å². The Hall–Kier alpha value is -1.64. The molecule has 0 aromatic rings. The molecule has 4 aliphatic rings. The Bertz CT molecular complexity index is 741. The number of carbonyl (C=O) groups excluding carboxylic acids is 2. The molecule has 0 aliphatic heterocycles. The molecule has 4 aliphatic carbocycles. The van der Waals surface area contributed by atoms with Crippen LogP contribution in [0.5, 0.6) is 0 Å². The average Bonchev–Trinajstić information content (AvgIpc) is 3.01. The molecule has 0 N–H and O–H groups in total. The molecule has 4 rings (SSSR count). The molecule has 0 saturated heterocycles. The fraction of sp³-hybridized carbons (Fsp3) is 0.680.